The highest BCUT2D eigenvalue weighted by Crippen LogP contribution is 2.54. The van der Waals surface area contributed by atoms with Gasteiger partial charge in [-0.3, -0.25) is 9.13 Å². The second-order valence-corrected chi connectivity index (χ2v) is 13.4. The van der Waals surface area contributed by atoms with Crippen LogP contribution in [0.3, 0.4) is 0 Å². The first-order valence-corrected chi connectivity index (χ1v) is 15.3. The predicted octanol–water partition coefficient (Wildman–Crippen LogP) is 4.18. The van der Waals surface area contributed by atoms with E-state index in [-0.39, 0.29) is 30.8 Å². The van der Waals surface area contributed by atoms with E-state index in [2.05, 4.69) is 25.6 Å². The summed E-state index contributed by atoms with van der Waals surface area (Å²) in [6, 6.07) is 13.9. The molecule has 196 valence electrons. The van der Waals surface area contributed by atoms with Gasteiger partial charge in [0.25, 0.3) is 0 Å². The van der Waals surface area contributed by atoms with Gasteiger partial charge in [-0.05, 0) is 42.3 Å². The van der Waals surface area contributed by atoms with E-state index >= 15 is 0 Å². The Morgan fingerprint density at radius 2 is 1.81 bits per heavy atom. The van der Waals surface area contributed by atoms with Crippen LogP contribution in [0, 0.1) is 0 Å². The number of hydrogen-bond donors (Lipinski definition) is 6. The summed E-state index contributed by atoms with van der Waals surface area (Å²) in [7, 11) is -8.58. The maximum Gasteiger partial charge on any atom is 0.335 e. The van der Waals surface area contributed by atoms with E-state index in [0.29, 0.717) is 34.2 Å². The van der Waals surface area contributed by atoms with E-state index in [1.807, 2.05) is 12.1 Å². The third kappa shape index (κ3) is 7.75. The summed E-state index contributed by atoms with van der Waals surface area (Å²) in [5.74, 6) is -0.289. The topological polar surface area (TPSA) is 183 Å². The second-order valence-electron chi connectivity index (χ2n) is 8.40. The Kier molecular flexibility index (Phi) is 8.18. The van der Waals surface area contributed by atoms with Crippen molar-refractivity contribution in [2.45, 2.75) is 13.0 Å². The lowest BCUT2D eigenvalue weighted by molar-refractivity contribution is 0.376. The lowest BCUT2D eigenvalue weighted by Crippen LogP contribution is -2.10. The van der Waals surface area contributed by atoms with E-state index in [1.54, 1.807) is 47.3 Å². The highest BCUT2D eigenvalue weighted by molar-refractivity contribution is 7.72. The Hall–Kier alpha value is -2.98. The van der Waals surface area contributed by atoms with Crippen LogP contribution in [0.5, 0.6) is 5.75 Å². The maximum atomic E-state index is 12.1. The van der Waals surface area contributed by atoms with Crippen molar-refractivity contribution in [3.05, 3.63) is 65.4 Å². The van der Waals surface area contributed by atoms with Gasteiger partial charge in [0, 0.05) is 23.4 Å². The number of rotatable bonds is 11. The van der Waals surface area contributed by atoms with Gasteiger partial charge in [-0.25, -0.2) is 4.98 Å². The fourth-order valence-electron chi connectivity index (χ4n) is 3.67. The molecule has 4 rings (SSSR count). The van der Waals surface area contributed by atoms with Gasteiger partial charge in [0.1, 0.15) is 11.7 Å². The number of aromatic nitrogens is 4. The molecule has 0 saturated carbocycles. The van der Waals surface area contributed by atoms with Crippen LogP contribution in [-0.2, 0) is 15.7 Å². The van der Waals surface area contributed by atoms with Crippen molar-refractivity contribution in [3.8, 4) is 5.75 Å². The molecule has 2 heterocycles. The smallest absolute Gasteiger partial charge is 0.335 e. The summed E-state index contributed by atoms with van der Waals surface area (Å²) < 4.78 is 24.9. The summed E-state index contributed by atoms with van der Waals surface area (Å²) in [6.07, 6.45) is 1.51. The Bertz CT molecular complexity index is 1510. The van der Waals surface area contributed by atoms with Crippen LogP contribution in [0.25, 0.3) is 11.2 Å². The number of nitrogens with zero attached hydrogens (tertiary/aromatic N) is 4. The van der Waals surface area contributed by atoms with E-state index < -0.39 is 20.9 Å². The van der Waals surface area contributed by atoms with E-state index in [4.69, 9.17) is 21.4 Å². The molecule has 0 aliphatic rings. The number of anilines is 3. The Balaban J connectivity index is 1.58. The fraction of sp³-hybridized carbons (Fsp3) is 0.227. The lowest BCUT2D eigenvalue weighted by Gasteiger charge is -2.13. The minimum Gasteiger partial charge on any atom is -0.508 e. The normalized spacial score (nSPS) is 13.4. The van der Waals surface area contributed by atoms with Gasteiger partial charge in [0.2, 0.25) is 13.3 Å². The first-order chi connectivity index (χ1) is 17.5. The van der Waals surface area contributed by atoms with Crippen molar-refractivity contribution < 1.29 is 28.9 Å². The van der Waals surface area contributed by atoms with Crippen LogP contribution in [0.4, 0.5) is 17.5 Å². The van der Waals surface area contributed by atoms with Crippen molar-refractivity contribution in [1.82, 2.24) is 19.5 Å². The summed E-state index contributed by atoms with van der Waals surface area (Å²) >= 11 is 6.11. The van der Waals surface area contributed by atoms with Crippen LogP contribution in [0.1, 0.15) is 12.0 Å². The molecule has 6 N–H and O–H groups in total. The molecule has 1 unspecified atom stereocenters. The first-order valence-electron chi connectivity index (χ1n) is 11.1. The maximum absolute atomic E-state index is 12.1. The SMILES string of the molecule is O=P(O)(O)CP(=O)(O)CCCNc1nc(Nc2cccc(Cl)c2)c2ncn(Cc3cccc(O)c3)c2n1. The van der Waals surface area contributed by atoms with E-state index in [0.717, 1.165) is 5.56 Å². The second kappa shape index (κ2) is 11.2. The van der Waals surface area contributed by atoms with Crippen molar-refractivity contribution in [3.63, 3.8) is 0 Å². The van der Waals surface area contributed by atoms with Crippen LogP contribution in [-0.4, -0.2) is 57.9 Å². The molecule has 0 radical (unpaired) electrons. The summed E-state index contributed by atoms with van der Waals surface area (Å²) in [6.45, 7) is 0.572. The quantitative estimate of drug-likeness (QED) is 0.113. The van der Waals surface area contributed by atoms with Crippen LogP contribution >= 0.6 is 26.6 Å². The average Bonchev–Trinajstić information content (AvgIpc) is 3.18. The van der Waals surface area contributed by atoms with Gasteiger partial charge < -0.3 is 35.0 Å². The Morgan fingerprint density at radius 3 is 2.54 bits per heavy atom. The highest BCUT2D eigenvalue weighted by Gasteiger charge is 2.28. The number of hydrogen-bond acceptors (Lipinski definition) is 8. The van der Waals surface area contributed by atoms with Crippen molar-refractivity contribution in [2.24, 2.45) is 0 Å². The molecule has 0 spiro atoms. The molecule has 2 aromatic carbocycles. The molecular formula is C22H25ClN6O6P2. The average molecular weight is 567 g/mol. The summed E-state index contributed by atoms with van der Waals surface area (Å²) in [5, 5.41) is 16.5. The molecule has 0 fully saturated rings. The molecule has 1 atom stereocenters. The number of halogens is 1. The fourth-order valence-corrected chi connectivity index (χ4v) is 7.38. The van der Waals surface area contributed by atoms with E-state index in [1.165, 1.54) is 0 Å². The highest BCUT2D eigenvalue weighted by atomic mass is 35.5. The molecule has 0 saturated heterocycles. The Labute approximate surface area is 217 Å². The van der Waals surface area contributed by atoms with Crippen LogP contribution in [0.15, 0.2) is 54.9 Å². The minimum atomic E-state index is -4.60. The minimum absolute atomic E-state index is 0.141. The summed E-state index contributed by atoms with van der Waals surface area (Å²) in [4.78, 5) is 41.4. The van der Waals surface area contributed by atoms with Crippen molar-refractivity contribution >= 4 is 55.2 Å². The molecule has 4 aromatic rings. The number of nitrogens with one attached hydrogen (secondary N) is 2. The Morgan fingerprint density at radius 1 is 1.03 bits per heavy atom. The molecule has 0 aliphatic heterocycles. The zero-order valence-corrected chi connectivity index (χ0v) is 21.9. The summed E-state index contributed by atoms with van der Waals surface area (Å²) in [5.41, 5.74) is 2.51. The zero-order chi connectivity index (χ0) is 26.6. The largest absolute Gasteiger partial charge is 0.508 e. The molecule has 37 heavy (non-hydrogen) atoms. The molecular weight excluding hydrogens is 542 g/mol. The number of benzene rings is 2. The lowest BCUT2D eigenvalue weighted by atomic mass is 10.2. The predicted molar refractivity (Wildman–Crippen MR) is 142 cm³/mol. The standard InChI is InChI=1S/C22H25ClN6O6P2/c23-16-5-2-6-17(11-16)26-20-19-21(29(13-25-19)12-15-4-1-7-18(30)10-15)28-22(27-20)24-8-3-9-36(31,32)14-37(33,34)35/h1-2,4-7,10-11,13,30H,3,8-9,12,14H2,(H,31,32)(H2,33,34,35)(H2,24,26,27,28). The molecule has 12 nitrogen and oxygen atoms in total. The van der Waals surface area contributed by atoms with Gasteiger partial charge in [0.05, 0.1) is 12.9 Å². The van der Waals surface area contributed by atoms with Crippen LogP contribution < -0.4 is 10.6 Å². The zero-order valence-electron chi connectivity index (χ0n) is 19.4. The van der Waals surface area contributed by atoms with Gasteiger partial charge in [-0.15, -0.1) is 0 Å². The monoisotopic (exact) mass is 566 g/mol. The van der Waals surface area contributed by atoms with Crippen molar-refractivity contribution in [2.75, 3.05) is 29.2 Å². The number of imidazole rings is 1. The number of aromatic hydroxyl groups is 1. The van der Waals surface area contributed by atoms with Gasteiger partial charge in [-0.1, -0.05) is 29.8 Å². The molecule has 0 bridgehead atoms. The third-order valence-corrected chi connectivity index (χ3v) is 9.68. The van der Waals surface area contributed by atoms with Gasteiger partial charge in [-0.2, -0.15) is 9.97 Å². The van der Waals surface area contributed by atoms with Gasteiger partial charge in [0.15, 0.2) is 17.0 Å². The number of phenolic OH excluding ortho intramolecular Hbond substituents is 1. The number of fused-ring (bicyclic) bond motifs is 1. The van der Waals surface area contributed by atoms with Crippen molar-refractivity contribution in [1.29, 1.82) is 0 Å². The molecule has 2 aromatic heterocycles. The van der Waals surface area contributed by atoms with E-state index in [9.17, 15) is 19.1 Å². The molecule has 0 amide bonds. The first kappa shape index (κ1) is 27.1. The van der Waals surface area contributed by atoms with Crippen LogP contribution in [0.2, 0.25) is 5.02 Å². The molecule has 0 aliphatic carbocycles. The third-order valence-electron chi connectivity index (χ3n) is 5.19. The number of phenols is 1. The molecule has 15 heteroatoms. The van der Waals surface area contributed by atoms with Gasteiger partial charge >= 0.3 is 7.60 Å².